The van der Waals surface area contributed by atoms with Crippen LogP contribution in [0.2, 0.25) is 0 Å². The van der Waals surface area contributed by atoms with Gasteiger partial charge in [-0.25, -0.2) is 4.98 Å². The van der Waals surface area contributed by atoms with Crippen LogP contribution in [0.25, 0.3) is 16.6 Å². The number of nitrogens with two attached hydrogens (primary N) is 1. The van der Waals surface area contributed by atoms with Gasteiger partial charge in [0.05, 0.1) is 35.1 Å². The third-order valence-corrected chi connectivity index (χ3v) is 4.05. The van der Waals surface area contributed by atoms with Crippen LogP contribution in [-0.4, -0.2) is 14.5 Å². The summed E-state index contributed by atoms with van der Waals surface area (Å²) in [6.45, 7) is 0. The minimum atomic E-state index is 0.703. The Morgan fingerprint density at radius 2 is 1.90 bits per heavy atom. The third-order valence-electron chi connectivity index (χ3n) is 4.05. The fraction of sp³-hybridized carbons (Fsp3) is 0.250. The molecule has 1 aromatic carbocycles. The summed E-state index contributed by atoms with van der Waals surface area (Å²) in [6, 6.07) is 8.11. The number of para-hydroxylation sites is 1. The van der Waals surface area contributed by atoms with Gasteiger partial charge in [-0.2, -0.15) is 0 Å². The molecule has 0 radical (unpaired) electrons. The number of pyridine rings is 1. The number of benzene rings is 1. The van der Waals surface area contributed by atoms with E-state index in [4.69, 9.17) is 5.73 Å². The lowest BCUT2D eigenvalue weighted by Crippen LogP contribution is -2.09. The molecule has 20 heavy (non-hydrogen) atoms. The molecule has 0 saturated heterocycles. The number of fused-ring (bicyclic) bond motifs is 2. The van der Waals surface area contributed by atoms with Gasteiger partial charge in [-0.1, -0.05) is 18.2 Å². The van der Waals surface area contributed by atoms with Crippen LogP contribution >= 0.6 is 0 Å². The Kier molecular flexibility index (Phi) is 2.49. The molecule has 0 aliphatic heterocycles. The molecule has 2 aromatic heterocycles. The van der Waals surface area contributed by atoms with Crippen LogP contribution in [0.3, 0.4) is 0 Å². The highest BCUT2D eigenvalue weighted by molar-refractivity contribution is 5.92. The summed E-state index contributed by atoms with van der Waals surface area (Å²) in [5.74, 6) is 0. The number of rotatable bonds is 1. The van der Waals surface area contributed by atoms with E-state index >= 15 is 0 Å². The van der Waals surface area contributed by atoms with E-state index in [1.807, 2.05) is 24.5 Å². The number of nitrogens with zero attached hydrogens (tertiary/aromatic N) is 3. The second-order valence-corrected chi connectivity index (χ2v) is 5.29. The minimum Gasteiger partial charge on any atom is -0.396 e. The van der Waals surface area contributed by atoms with Crippen LogP contribution in [0.5, 0.6) is 0 Å². The van der Waals surface area contributed by atoms with Gasteiger partial charge in [-0.3, -0.25) is 4.98 Å². The highest BCUT2D eigenvalue weighted by Gasteiger charge is 2.18. The van der Waals surface area contributed by atoms with E-state index in [2.05, 4.69) is 20.6 Å². The minimum absolute atomic E-state index is 0.703. The predicted molar refractivity (Wildman–Crippen MR) is 79.9 cm³/mol. The molecule has 0 bridgehead atoms. The molecule has 1 aliphatic rings. The van der Waals surface area contributed by atoms with Gasteiger partial charge in [0.15, 0.2) is 0 Å². The second-order valence-electron chi connectivity index (χ2n) is 5.29. The number of hydrogen-bond acceptors (Lipinski definition) is 3. The van der Waals surface area contributed by atoms with Crippen molar-refractivity contribution in [1.29, 1.82) is 0 Å². The first kappa shape index (κ1) is 11.5. The normalized spacial score (nSPS) is 14.4. The first-order valence-corrected chi connectivity index (χ1v) is 7.03. The van der Waals surface area contributed by atoms with E-state index < -0.39 is 0 Å². The zero-order chi connectivity index (χ0) is 13.5. The van der Waals surface area contributed by atoms with Crippen molar-refractivity contribution in [2.45, 2.75) is 25.7 Å². The predicted octanol–water partition coefficient (Wildman–Crippen LogP) is 2.88. The topological polar surface area (TPSA) is 56.7 Å². The van der Waals surface area contributed by atoms with Crippen molar-refractivity contribution in [2.24, 2.45) is 0 Å². The van der Waals surface area contributed by atoms with Crippen LogP contribution in [0.4, 0.5) is 5.69 Å². The van der Waals surface area contributed by atoms with E-state index in [1.54, 1.807) is 6.20 Å². The van der Waals surface area contributed by atoms with E-state index in [0.717, 1.165) is 29.4 Å². The Labute approximate surface area is 117 Å². The summed E-state index contributed by atoms with van der Waals surface area (Å²) in [5.41, 5.74) is 11.4. The number of nitrogen functional groups attached to an aromatic ring is 1. The number of imidazole rings is 1. The molecule has 4 rings (SSSR count). The van der Waals surface area contributed by atoms with Gasteiger partial charge in [0, 0.05) is 11.1 Å². The Morgan fingerprint density at radius 3 is 2.85 bits per heavy atom. The molecule has 0 saturated carbocycles. The van der Waals surface area contributed by atoms with Crippen LogP contribution in [0.15, 0.2) is 36.8 Å². The van der Waals surface area contributed by atoms with Gasteiger partial charge in [0.2, 0.25) is 0 Å². The van der Waals surface area contributed by atoms with Crippen LogP contribution < -0.4 is 5.73 Å². The van der Waals surface area contributed by atoms with E-state index in [0.29, 0.717) is 5.69 Å². The average molecular weight is 264 g/mol. The number of hydrogen-bond donors (Lipinski definition) is 1. The summed E-state index contributed by atoms with van der Waals surface area (Å²) < 4.78 is 2.16. The Bertz CT molecular complexity index is 788. The zero-order valence-corrected chi connectivity index (χ0v) is 11.2. The van der Waals surface area contributed by atoms with Crippen molar-refractivity contribution in [3.8, 4) is 5.69 Å². The Balaban J connectivity index is 2.03. The molecular weight excluding hydrogens is 248 g/mol. The molecule has 1 aliphatic carbocycles. The molecule has 2 heterocycles. The fourth-order valence-electron chi connectivity index (χ4n) is 3.07. The summed E-state index contributed by atoms with van der Waals surface area (Å²) in [5, 5.41) is 1.08. The molecule has 0 spiro atoms. The van der Waals surface area contributed by atoms with Gasteiger partial charge in [0.1, 0.15) is 0 Å². The largest absolute Gasteiger partial charge is 0.396 e. The van der Waals surface area contributed by atoms with Gasteiger partial charge < -0.3 is 10.3 Å². The zero-order valence-electron chi connectivity index (χ0n) is 11.2. The molecule has 4 heteroatoms. The molecule has 0 unspecified atom stereocenters. The van der Waals surface area contributed by atoms with Gasteiger partial charge in [-0.05, 0) is 31.7 Å². The molecule has 100 valence electrons. The molecule has 0 amide bonds. The highest BCUT2D eigenvalue weighted by Crippen LogP contribution is 2.30. The molecular formula is C16H16N4. The average Bonchev–Trinajstić information content (AvgIpc) is 2.91. The maximum atomic E-state index is 6.20. The van der Waals surface area contributed by atoms with Crippen molar-refractivity contribution >= 4 is 16.6 Å². The molecule has 2 N–H and O–H groups in total. The van der Waals surface area contributed by atoms with E-state index in [9.17, 15) is 0 Å². The van der Waals surface area contributed by atoms with Crippen molar-refractivity contribution in [3.05, 3.63) is 48.2 Å². The number of anilines is 1. The van der Waals surface area contributed by atoms with Crippen molar-refractivity contribution in [1.82, 2.24) is 14.5 Å². The van der Waals surface area contributed by atoms with Crippen molar-refractivity contribution in [3.63, 3.8) is 0 Å². The van der Waals surface area contributed by atoms with Gasteiger partial charge in [-0.15, -0.1) is 0 Å². The van der Waals surface area contributed by atoms with E-state index in [1.165, 1.54) is 24.2 Å². The number of aromatic nitrogens is 3. The molecule has 0 fully saturated rings. The van der Waals surface area contributed by atoms with Crippen molar-refractivity contribution in [2.75, 3.05) is 5.73 Å². The van der Waals surface area contributed by atoms with Crippen LogP contribution in [0, 0.1) is 0 Å². The highest BCUT2D eigenvalue weighted by atomic mass is 15.1. The monoisotopic (exact) mass is 264 g/mol. The van der Waals surface area contributed by atoms with Crippen LogP contribution in [0.1, 0.15) is 24.2 Å². The fourth-order valence-corrected chi connectivity index (χ4v) is 3.07. The maximum Gasteiger partial charge on any atom is 0.0998 e. The number of aryl methyl sites for hydroxylation is 1. The van der Waals surface area contributed by atoms with Gasteiger partial charge in [0.25, 0.3) is 0 Å². The summed E-state index contributed by atoms with van der Waals surface area (Å²) >= 11 is 0. The lowest BCUT2D eigenvalue weighted by Gasteiger charge is -2.16. The quantitative estimate of drug-likeness (QED) is 0.735. The lowest BCUT2D eigenvalue weighted by atomic mass is 10.0. The lowest BCUT2D eigenvalue weighted by molar-refractivity contribution is 0.656. The van der Waals surface area contributed by atoms with Crippen LogP contribution in [-0.2, 0) is 12.8 Å². The SMILES string of the molecule is Nc1cnc2ccccc2c1-n1cnc2c1CCCC2. The Morgan fingerprint density at radius 1 is 1.05 bits per heavy atom. The summed E-state index contributed by atoms with van der Waals surface area (Å²) in [4.78, 5) is 8.97. The Hall–Kier alpha value is -2.36. The molecule has 3 aromatic rings. The van der Waals surface area contributed by atoms with Gasteiger partial charge >= 0.3 is 0 Å². The smallest absolute Gasteiger partial charge is 0.0998 e. The third kappa shape index (κ3) is 1.61. The first-order chi connectivity index (χ1) is 9.84. The van der Waals surface area contributed by atoms with E-state index in [-0.39, 0.29) is 0 Å². The summed E-state index contributed by atoms with van der Waals surface area (Å²) in [6.07, 6.45) is 8.26. The molecule has 0 atom stereocenters. The second kappa shape index (κ2) is 4.34. The summed E-state index contributed by atoms with van der Waals surface area (Å²) in [7, 11) is 0. The van der Waals surface area contributed by atoms with Crippen molar-refractivity contribution < 1.29 is 0 Å². The maximum absolute atomic E-state index is 6.20. The standard InChI is InChI=1S/C16H16N4/c17-12-9-18-13-6-2-1-5-11(13)16(12)20-10-19-14-7-3-4-8-15(14)20/h1-2,5-6,9-10H,3-4,7-8,17H2. The molecule has 4 nitrogen and oxygen atoms in total. The first-order valence-electron chi connectivity index (χ1n) is 7.03.